The molecule has 0 aliphatic carbocycles. The SMILES string of the molecule is COc1ccc(C2CCCN2C(=O)Cc2cccc(C(=O)O)c2)c(OC)c1. The number of carboxylic acids is 1. The molecule has 0 saturated carbocycles. The van der Waals surface area contributed by atoms with Crippen LogP contribution in [0.15, 0.2) is 42.5 Å². The summed E-state index contributed by atoms with van der Waals surface area (Å²) in [5, 5.41) is 9.13. The molecular weight excluding hydrogens is 346 g/mol. The van der Waals surface area contributed by atoms with Gasteiger partial charge in [-0.05, 0) is 42.7 Å². The average Bonchev–Trinajstić information content (AvgIpc) is 3.17. The van der Waals surface area contributed by atoms with Crippen LogP contribution in [0.25, 0.3) is 0 Å². The maximum atomic E-state index is 12.9. The van der Waals surface area contributed by atoms with Crippen molar-refractivity contribution in [2.24, 2.45) is 0 Å². The second-order valence-corrected chi connectivity index (χ2v) is 6.54. The fourth-order valence-corrected chi connectivity index (χ4v) is 3.57. The van der Waals surface area contributed by atoms with E-state index < -0.39 is 5.97 Å². The van der Waals surface area contributed by atoms with Gasteiger partial charge in [0.25, 0.3) is 0 Å². The highest BCUT2D eigenvalue weighted by Crippen LogP contribution is 2.38. The Morgan fingerprint density at radius 1 is 1.15 bits per heavy atom. The third-order valence-corrected chi connectivity index (χ3v) is 4.90. The number of methoxy groups -OCH3 is 2. The molecule has 0 bridgehead atoms. The van der Waals surface area contributed by atoms with Gasteiger partial charge in [-0.25, -0.2) is 4.79 Å². The zero-order valence-electron chi connectivity index (χ0n) is 15.5. The lowest BCUT2D eigenvalue weighted by molar-refractivity contribution is -0.131. The minimum atomic E-state index is -0.994. The summed E-state index contributed by atoms with van der Waals surface area (Å²) in [5.41, 5.74) is 1.85. The highest BCUT2D eigenvalue weighted by Gasteiger charge is 2.32. The van der Waals surface area contributed by atoms with Gasteiger partial charge in [0.05, 0.1) is 32.2 Å². The summed E-state index contributed by atoms with van der Waals surface area (Å²) >= 11 is 0. The van der Waals surface area contributed by atoms with Crippen LogP contribution >= 0.6 is 0 Å². The van der Waals surface area contributed by atoms with E-state index >= 15 is 0 Å². The second kappa shape index (κ2) is 8.12. The molecule has 1 saturated heterocycles. The Balaban J connectivity index is 1.81. The molecule has 0 radical (unpaired) electrons. The van der Waals surface area contributed by atoms with Gasteiger partial charge in [0.1, 0.15) is 11.5 Å². The van der Waals surface area contributed by atoms with Gasteiger partial charge in [-0.1, -0.05) is 12.1 Å². The number of carbonyl (C=O) groups is 2. The Morgan fingerprint density at radius 3 is 2.67 bits per heavy atom. The zero-order chi connectivity index (χ0) is 19.4. The molecule has 2 aromatic carbocycles. The minimum Gasteiger partial charge on any atom is -0.497 e. The van der Waals surface area contributed by atoms with Crippen molar-refractivity contribution in [2.45, 2.75) is 25.3 Å². The molecule has 1 atom stereocenters. The van der Waals surface area contributed by atoms with Gasteiger partial charge in [-0.3, -0.25) is 4.79 Å². The van der Waals surface area contributed by atoms with E-state index in [1.807, 2.05) is 23.1 Å². The Morgan fingerprint density at radius 2 is 1.96 bits per heavy atom. The van der Waals surface area contributed by atoms with Crippen LogP contribution in [0, 0.1) is 0 Å². The van der Waals surface area contributed by atoms with Gasteiger partial charge in [-0.2, -0.15) is 0 Å². The van der Waals surface area contributed by atoms with Crippen molar-refractivity contribution in [3.8, 4) is 11.5 Å². The van der Waals surface area contributed by atoms with Gasteiger partial charge in [0, 0.05) is 18.2 Å². The summed E-state index contributed by atoms with van der Waals surface area (Å²) in [6.07, 6.45) is 1.96. The van der Waals surface area contributed by atoms with Crippen LogP contribution in [-0.2, 0) is 11.2 Å². The first-order valence-corrected chi connectivity index (χ1v) is 8.87. The van der Waals surface area contributed by atoms with E-state index in [0.29, 0.717) is 23.6 Å². The van der Waals surface area contributed by atoms with Crippen molar-refractivity contribution in [2.75, 3.05) is 20.8 Å². The molecule has 6 nitrogen and oxygen atoms in total. The molecule has 1 amide bonds. The fraction of sp³-hybridized carbons (Fsp3) is 0.333. The largest absolute Gasteiger partial charge is 0.497 e. The van der Waals surface area contributed by atoms with E-state index in [2.05, 4.69) is 0 Å². The smallest absolute Gasteiger partial charge is 0.335 e. The highest BCUT2D eigenvalue weighted by molar-refractivity contribution is 5.88. The van der Waals surface area contributed by atoms with Crippen LogP contribution in [0.4, 0.5) is 0 Å². The quantitative estimate of drug-likeness (QED) is 0.845. The summed E-state index contributed by atoms with van der Waals surface area (Å²) < 4.78 is 10.8. The number of ether oxygens (including phenoxy) is 2. The lowest BCUT2D eigenvalue weighted by atomic mass is 10.0. The third kappa shape index (κ3) is 4.05. The van der Waals surface area contributed by atoms with Crippen LogP contribution in [0.3, 0.4) is 0 Å². The molecule has 1 N–H and O–H groups in total. The number of amides is 1. The van der Waals surface area contributed by atoms with E-state index in [0.717, 1.165) is 18.4 Å². The molecule has 1 heterocycles. The number of hydrogen-bond donors (Lipinski definition) is 1. The Hall–Kier alpha value is -3.02. The number of hydrogen-bond acceptors (Lipinski definition) is 4. The molecule has 2 aromatic rings. The van der Waals surface area contributed by atoms with Crippen LogP contribution in [0.5, 0.6) is 11.5 Å². The minimum absolute atomic E-state index is 0.0158. The molecule has 27 heavy (non-hydrogen) atoms. The van der Waals surface area contributed by atoms with Gasteiger partial charge >= 0.3 is 5.97 Å². The lowest BCUT2D eigenvalue weighted by Crippen LogP contribution is -2.32. The number of nitrogens with zero attached hydrogens (tertiary/aromatic N) is 1. The summed E-state index contributed by atoms with van der Waals surface area (Å²) in [5.74, 6) is 0.396. The molecule has 6 heteroatoms. The Kier molecular flexibility index (Phi) is 5.64. The molecule has 0 aromatic heterocycles. The van der Waals surface area contributed by atoms with Crippen LogP contribution in [-0.4, -0.2) is 42.6 Å². The van der Waals surface area contributed by atoms with Crippen molar-refractivity contribution in [3.63, 3.8) is 0 Å². The van der Waals surface area contributed by atoms with E-state index in [1.54, 1.807) is 32.4 Å². The summed E-state index contributed by atoms with van der Waals surface area (Å²) in [7, 11) is 3.21. The number of likely N-dealkylation sites (tertiary alicyclic amines) is 1. The first-order valence-electron chi connectivity index (χ1n) is 8.87. The Bertz CT molecular complexity index is 848. The van der Waals surface area contributed by atoms with E-state index in [9.17, 15) is 9.59 Å². The predicted octanol–water partition coefficient (Wildman–Crippen LogP) is 3.31. The predicted molar refractivity (Wildman–Crippen MR) is 100 cm³/mol. The normalized spacial score (nSPS) is 16.2. The summed E-state index contributed by atoms with van der Waals surface area (Å²) in [6.45, 7) is 0.678. The highest BCUT2D eigenvalue weighted by atomic mass is 16.5. The van der Waals surface area contributed by atoms with Gasteiger partial charge < -0.3 is 19.5 Å². The molecule has 1 unspecified atom stereocenters. The molecule has 1 aliphatic heterocycles. The number of benzene rings is 2. The monoisotopic (exact) mass is 369 g/mol. The van der Waals surface area contributed by atoms with Crippen molar-refractivity contribution in [1.82, 2.24) is 4.90 Å². The maximum absolute atomic E-state index is 12.9. The first-order chi connectivity index (χ1) is 13.0. The number of carbonyl (C=O) groups excluding carboxylic acids is 1. The molecule has 142 valence electrons. The fourth-order valence-electron chi connectivity index (χ4n) is 3.57. The van der Waals surface area contributed by atoms with E-state index in [4.69, 9.17) is 14.6 Å². The van der Waals surface area contributed by atoms with Crippen molar-refractivity contribution < 1.29 is 24.2 Å². The first kappa shape index (κ1) is 18.8. The molecule has 0 spiro atoms. The second-order valence-electron chi connectivity index (χ2n) is 6.54. The van der Waals surface area contributed by atoms with Gasteiger partial charge in [0.15, 0.2) is 0 Å². The summed E-state index contributed by atoms with van der Waals surface area (Å²) in [6, 6.07) is 12.1. The van der Waals surface area contributed by atoms with Crippen molar-refractivity contribution in [1.29, 1.82) is 0 Å². The third-order valence-electron chi connectivity index (χ3n) is 4.90. The van der Waals surface area contributed by atoms with Gasteiger partial charge in [0.2, 0.25) is 5.91 Å². The molecule has 1 aliphatic rings. The van der Waals surface area contributed by atoms with Crippen LogP contribution in [0.1, 0.15) is 40.4 Å². The zero-order valence-corrected chi connectivity index (χ0v) is 15.5. The van der Waals surface area contributed by atoms with Gasteiger partial charge in [-0.15, -0.1) is 0 Å². The van der Waals surface area contributed by atoms with Crippen molar-refractivity contribution in [3.05, 3.63) is 59.2 Å². The van der Waals surface area contributed by atoms with Crippen molar-refractivity contribution >= 4 is 11.9 Å². The summed E-state index contributed by atoms with van der Waals surface area (Å²) in [4.78, 5) is 25.9. The van der Waals surface area contributed by atoms with Crippen LogP contribution < -0.4 is 9.47 Å². The lowest BCUT2D eigenvalue weighted by Gasteiger charge is -2.26. The number of rotatable bonds is 6. The molecular formula is C21H23NO5. The topological polar surface area (TPSA) is 76.1 Å². The van der Waals surface area contributed by atoms with E-state index in [1.165, 1.54) is 6.07 Å². The average molecular weight is 369 g/mol. The molecule has 1 fully saturated rings. The van der Waals surface area contributed by atoms with E-state index in [-0.39, 0.29) is 23.9 Å². The number of aromatic carboxylic acids is 1. The Labute approximate surface area is 158 Å². The maximum Gasteiger partial charge on any atom is 0.335 e. The standard InChI is InChI=1S/C21H23NO5/c1-26-16-8-9-17(19(13-16)27-2)18-7-4-10-22(18)20(23)12-14-5-3-6-15(11-14)21(24)25/h3,5-6,8-9,11,13,18H,4,7,10,12H2,1-2H3,(H,24,25). The molecule has 3 rings (SSSR count). The van der Waals surface area contributed by atoms with Crippen LogP contribution in [0.2, 0.25) is 0 Å². The number of carboxylic acid groups (broad SMARTS) is 1.